The van der Waals surface area contributed by atoms with Crippen molar-refractivity contribution >= 4 is 49.8 Å². The molecule has 0 atom stereocenters. The molecule has 1 aliphatic heterocycles. The third kappa shape index (κ3) is 2.18. The molecule has 3 aromatic heterocycles. The van der Waals surface area contributed by atoms with E-state index in [1.54, 1.807) is 16.0 Å². The summed E-state index contributed by atoms with van der Waals surface area (Å²) in [6.45, 7) is 2.92. The Labute approximate surface area is 156 Å². The number of carbonyl (C=O) groups is 1. The zero-order valence-electron chi connectivity index (χ0n) is 14.4. The molecule has 9 heteroatoms. The Morgan fingerprint density at radius 2 is 2.04 bits per heavy atom. The van der Waals surface area contributed by atoms with Gasteiger partial charge in [-0.15, -0.1) is 11.3 Å². The van der Waals surface area contributed by atoms with E-state index in [1.807, 2.05) is 11.9 Å². The van der Waals surface area contributed by atoms with Crippen molar-refractivity contribution in [1.29, 1.82) is 0 Å². The Morgan fingerprint density at radius 3 is 2.74 bits per heavy atom. The smallest absolute Gasteiger partial charge is 0.342 e. The molecule has 1 fully saturated rings. The Morgan fingerprint density at radius 1 is 1.30 bits per heavy atom. The molecular weight excluding hydrogens is 371 g/mol. The van der Waals surface area contributed by atoms with Crippen LogP contribution in [0.3, 0.4) is 0 Å². The largest absolute Gasteiger partial charge is 0.477 e. The molecule has 1 N–H and O–H groups in total. The van der Waals surface area contributed by atoms with E-state index in [0.717, 1.165) is 19.2 Å². The maximum Gasteiger partial charge on any atom is 0.342 e. The number of hydrogen-bond acceptors (Lipinski definition) is 6. The molecule has 0 radical (unpaired) electrons. The predicted octanol–water partition coefficient (Wildman–Crippen LogP) is 2.09. The number of anilines is 1. The first-order valence-electron chi connectivity index (χ1n) is 8.50. The van der Waals surface area contributed by atoms with Gasteiger partial charge in [0.15, 0.2) is 0 Å². The van der Waals surface area contributed by atoms with Crippen LogP contribution >= 0.6 is 11.3 Å². The summed E-state index contributed by atoms with van der Waals surface area (Å²) in [5.74, 6) is -1.86. The van der Waals surface area contributed by atoms with E-state index < -0.39 is 17.2 Å². The van der Waals surface area contributed by atoms with Crippen LogP contribution in [0.15, 0.2) is 22.4 Å². The van der Waals surface area contributed by atoms with Crippen LogP contribution in [0.25, 0.3) is 26.8 Å². The second kappa shape index (κ2) is 5.61. The first kappa shape index (κ1) is 16.4. The highest BCUT2D eigenvalue weighted by atomic mass is 32.1. The van der Waals surface area contributed by atoms with Crippen molar-refractivity contribution in [1.82, 2.24) is 14.3 Å². The van der Waals surface area contributed by atoms with Gasteiger partial charge in [0.25, 0.3) is 0 Å². The van der Waals surface area contributed by atoms with E-state index in [4.69, 9.17) is 0 Å². The van der Waals surface area contributed by atoms with Crippen molar-refractivity contribution in [3.8, 4) is 0 Å². The summed E-state index contributed by atoms with van der Waals surface area (Å²) in [4.78, 5) is 33.4. The van der Waals surface area contributed by atoms with Gasteiger partial charge in [-0.05, 0) is 13.1 Å². The maximum absolute atomic E-state index is 15.1. The van der Waals surface area contributed by atoms with Gasteiger partial charge in [0.2, 0.25) is 5.43 Å². The summed E-state index contributed by atoms with van der Waals surface area (Å²) in [5.41, 5.74) is 0.935. The summed E-state index contributed by atoms with van der Waals surface area (Å²) in [6.07, 6.45) is 1.60. The number of aromatic nitrogens is 2. The van der Waals surface area contributed by atoms with E-state index in [1.165, 1.54) is 11.3 Å². The molecule has 1 aromatic carbocycles. The number of thiazole rings is 1. The lowest BCUT2D eigenvalue weighted by molar-refractivity contribution is 0.0697. The third-order valence-electron chi connectivity index (χ3n) is 5.22. The van der Waals surface area contributed by atoms with Crippen molar-refractivity contribution in [2.75, 3.05) is 38.1 Å². The molecule has 138 valence electrons. The summed E-state index contributed by atoms with van der Waals surface area (Å²) >= 11 is 1.18. The number of carboxylic acid groups (broad SMARTS) is 1. The fourth-order valence-corrected chi connectivity index (χ4v) is 4.85. The number of aromatic carboxylic acids is 1. The van der Waals surface area contributed by atoms with Gasteiger partial charge in [-0.1, -0.05) is 0 Å². The van der Waals surface area contributed by atoms with E-state index >= 15 is 4.39 Å². The van der Waals surface area contributed by atoms with E-state index in [0.29, 0.717) is 40.2 Å². The molecule has 1 aliphatic rings. The Hall–Kier alpha value is -2.78. The molecule has 0 saturated carbocycles. The molecule has 4 heterocycles. The highest BCUT2D eigenvalue weighted by Gasteiger charge is 2.27. The van der Waals surface area contributed by atoms with Gasteiger partial charge in [0.05, 0.1) is 22.6 Å². The number of pyridine rings is 1. The average Bonchev–Trinajstić information content (AvgIpc) is 3.06. The van der Waals surface area contributed by atoms with Gasteiger partial charge in [0, 0.05) is 31.6 Å². The molecule has 7 nitrogen and oxygen atoms in total. The van der Waals surface area contributed by atoms with Crippen LogP contribution in [0, 0.1) is 5.82 Å². The molecular formula is C18H15FN4O3S. The van der Waals surface area contributed by atoms with E-state index in [2.05, 4.69) is 9.88 Å². The summed E-state index contributed by atoms with van der Waals surface area (Å²) < 4.78 is 16.8. The number of nitrogens with zero attached hydrogens (tertiary/aromatic N) is 4. The number of piperazine rings is 1. The molecule has 1 saturated heterocycles. The van der Waals surface area contributed by atoms with Crippen LogP contribution in [-0.4, -0.2) is 58.6 Å². The lowest BCUT2D eigenvalue weighted by Crippen LogP contribution is -2.45. The second-order valence-corrected chi connectivity index (χ2v) is 7.67. The maximum atomic E-state index is 15.1. The minimum absolute atomic E-state index is 0.0479. The van der Waals surface area contributed by atoms with Crippen LogP contribution in [0.5, 0.6) is 0 Å². The summed E-state index contributed by atoms with van der Waals surface area (Å²) in [7, 11) is 2.02. The Kier molecular flexibility index (Phi) is 3.40. The average molecular weight is 386 g/mol. The van der Waals surface area contributed by atoms with Gasteiger partial charge >= 0.3 is 5.97 Å². The molecule has 0 amide bonds. The number of halogens is 1. The van der Waals surface area contributed by atoms with Crippen LogP contribution in [0.4, 0.5) is 10.1 Å². The van der Waals surface area contributed by atoms with Crippen LogP contribution in [0.1, 0.15) is 10.4 Å². The van der Waals surface area contributed by atoms with Gasteiger partial charge < -0.3 is 14.9 Å². The first-order chi connectivity index (χ1) is 13.0. The molecule has 0 unspecified atom stereocenters. The van der Waals surface area contributed by atoms with Crippen molar-refractivity contribution in [3.05, 3.63) is 39.2 Å². The molecule has 4 aromatic rings. The van der Waals surface area contributed by atoms with Crippen LogP contribution in [0.2, 0.25) is 0 Å². The number of benzene rings is 1. The SMILES string of the molecule is CN1CCN(c2c(F)cc3c(=O)c(C(=O)O)c4scc5cnc2c3n54)CC1. The normalized spacial score (nSPS) is 16.1. The quantitative estimate of drug-likeness (QED) is 0.568. The fourth-order valence-electron chi connectivity index (χ4n) is 3.85. The van der Waals surface area contributed by atoms with Crippen molar-refractivity contribution < 1.29 is 14.3 Å². The minimum atomic E-state index is -1.31. The number of carboxylic acids is 1. The van der Waals surface area contributed by atoms with Gasteiger partial charge in [0.1, 0.15) is 27.4 Å². The van der Waals surface area contributed by atoms with E-state index in [9.17, 15) is 14.7 Å². The monoisotopic (exact) mass is 386 g/mol. The van der Waals surface area contributed by atoms with Gasteiger partial charge in [-0.25, -0.2) is 9.18 Å². The van der Waals surface area contributed by atoms with Crippen LogP contribution < -0.4 is 10.3 Å². The minimum Gasteiger partial charge on any atom is -0.477 e. The van der Waals surface area contributed by atoms with Crippen LogP contribution in [-0.2, 0) is 0 Å². The molecule has 0 bridgehead atoms. The van der Waals surface area contributed by atoms with Crippen molar-refractivity contribution in [2.24, 2.45) is 0 Å². The second-order valence-electron chi connectivity index (χ2n) is 6.81. The first-order valence-corrected chi connectivity index (χ1v) is 9.38. The number of hydrogen-bond donors (Lipinski definition) is 1. The molecule has 0 aliphatic carbocycles. The molecule has 5 rings (SSSR count). The highest BCUT2D eigenvalue weighted by molar-refractivity contribution is 7.16. The summed E-state index contributed by atoms with van der Waals surface area (Å²) in [5, 5.41) is 11.3. The van der Waals surface area contributed by atoms with Gasteiger partial charge in [-0.3, -0.25) is 14.2 Å². The highest BCUT2D eigenvalue weighted by Crippen LogP contribution is 2.35. The topological polar surface area (TPSA) is 78.2 Å². The lowest BCUT2D eigenvalue weighted by Gasteiger charge is -2.34. The van der Waals surface area contributed by atoms with Gasteiger partial charge in [-0.2, -0.15) is 0 Å². The lowest BCUT2D eigenvalue weighted by atomic mass is 10.1. The zero-order valence-corrected chi connectivity index (χ0v) is 15.2. The number of rotatable bonds is 2. The molecule has 27 heavy (non-hydrogen) atoms. The zero-order chi connectivity index (χ0) is 18.9. The Bertz CT molecular complexity index is 1270. The summed E-state index contributed by atoms with van der Waals surface area (Å²) in [6, 6.07) is 1.16. The number of likely N-dealkylation sites (N-methyl/N-ethyl adjacent to an activating group) is 1. The predicted molar refractivity (Wildman–Crippen MR) is 102 cm³/mol. The van der Waals surface area contributed by atoms with E-state index in [-0.39, 0.29) is 10.9 Å². The fraction of sp³-hybridized carbons (Fsp3) is 0.278. The Balaban J connectivity index is 1.92. The third-order valence-corrected chi connectivity index (χ3v) is 6.19. The van der Waals surface area contributed by atoms with Crippen molar-refractivity contribution in [3.63, 3.8) is 0 Å². The standard InChI is InChI=1S/C18H15FN4O3S/c1-21-2-4-22(5-3-21)15-11(19)6-10-14-13(15)20-7-9-8-27-17(23(9)14)12(16(10)24)18(25)26/h6-8H,2-5H2,1H3,(H,25,26). The van der Waals surface area contributed by atoms with Crippen molar-refractivity contribution in [2.45, 2.75) is 0 Å². The molecule has 0 spiro atoms.